The van der Waals surface area contributed by atoms with Crippen molar-refractivity contribution in [2.45, 2.75) is 37.7 Å². The number of nitrogens with zero attached hydrogens (tertiary/aromatic N) is 1. The molecule has 176 valence electrons. The Kier molecular flexibility index (Phi) is 7.88. The monoisotopic (exact) mass is 492 g/mol. The van der Waals surface area contributed by atoms with Gasteiger partial charge in [0.25, 0.3) is 0 Å². The van der Waals surface area contributed by atoms with Crippen LogP contribution in [-0.4, -0.2) is 49.6 Å². The molecule has 2 aromatic rings. The maximum absolute atomic E-state index is 12.8. The average Bonchev–Trinajstić information content (AvgIpc) is 2.79. The Morgan fingerprint density at radius 2 is 1.61 bits per heavy atom. The molecule has 0 saturated carbocycles. The van der Waals surface area contributed by atoms with Crippen molar-refractivity contribution in [1.29, 1.82) is 0 Å². The molecule has 1 heterocycles. The third-order valence-electron chi connectivity index (χ3n) is 5.39. The molecule has 8 nitrogen and oxygen atoms in total. The lowest BCUT2D eigenvalue weighted by atomic mass is 9.98. The standard InChI is InChI=1S/C23H25ClN2O6S/c1-15(22(28)17-3-7-20(8-4-17)25-16(2)27)32-23(29)18-11-13-26(14-12-18)33(30,31)21-9-5-19(24)6-10-21/h3-10,15,18H,11-14H2,1-2H3,(H,25,27)/t15-/m1/s1. The number of amides is 1. The largest absolute Gasteiger partial charge is 0.454 e. The van der Waals surface area contributed by atoms with E-state index in [1.165, 1.54) is 42.4 Å². The number of piperidine rings is 1. The Hall–Kier alpha value is -2.75. The minimum absolute atomic E-state index is 0.150. The summed E-state index contributed by atoms with van der Waals surface area (Å²) in [6.45, 7) is 3.25. The van der Waals surface area contributed by atoms with E-state index in [2.05, 4.69) is 5.32 Å². The van der Waals surface area contributed by atoms with Gasteiger partial charge in [0.1, 0.15) is 0 Å². The van der Waals surface area contributed by atoms with Gasteiger partial charge >= 0.3 is 5.97 Å². The van der Waals surface area contributed by atoms with Crippen molar-refractivity contribution in [2.75, 3.05) is 18.4 Å². The van der Waals surface area contributed by atoms with E-state index in [-0.39, 0.29) is 29.7 Å². The Balaban J connectivity index is 1.54. The van der Waals surface area contributed by atoms with Crippen molar-refractivity contribution in [1.82, 2.24) is 4.31 Å². The van der Waals surface area contributed by atoms with Crippen molar-refractivity contribution >= 4 is 45.0 Å². The van der Waals surface area contributed by atoms with Crippen LogP contribution in [0.15, 0.2) is 53.4 Å². The van der Waals surface area contributed by atoms with Crippen LogP contribution in [0, 0.1) is 5.92 Å². The van der Waals surface area contributed by atoms with E-state index in [0.29, 0.717) is 29.1 Å². The van der Waals surface area contributed by atoms with Crippen LogP contribution in [-0.2, 0) is 24.3 Å². The second-order valence-corrected chi connectivity index (χ2v) is 10.2. The molecule has 1 amide bonds. The van der Waals surface area contributed by atoms with Crippen LogP contribution in [0.2, 0.25) is 5.02 Å². The van der Waals surface area contributed by atoms with E-state index in [1.807, 2.05) is 0 Å². The minimum atomic E-state index is -3.67. The SMILES string of the molecule is CC(=O)Nc1ccc(C(=O)[C@@H](C)OC(=O)C2CCN(S(=O)(=O)c3ccc(Cl)cc3)CC2)cc1. The number of rotatable bonds is 7. The molecule has 0 aliphatic carbocycles. The highest BCUT2D eigenvalue weighted by Gasteiger charge is 2.34. The second-order valence-electron chi connectivity index (χ2n) is 7.83. The maximum atomic E-state index is 12.8. The minimum Gasteiger partial charge on any atom is -0.454 e. The number of sulfonamides is 1. The summed E-state index contributed by atoms with van der Waals surface area (Å²) in [5.74, 6) is -1.59. The molecule has 1 N–H and O–H groups in total. The molecule has 1 aliphatic heterocycles. The number of anilines is 1. The number of halogens is 1. The Bertz CT molecular complexity index is 1120. The van der Waals surface area contributed by atoms with Crippen molar-refractivity contribution < 1.29 is 27.5 Å². The Labute approximate surface area is 197 Å². The van der Waals surface area contributed by atoms with E-state index in [1.54, 1.807) is 24.3 Å². The summed E-state index contributed by atoms with van der Waals surface area (Å²) < 4.78 is 32.3. The highest BCUT2D eigenvalue weighted by Crippen LogP contribution is 2.26. The molecule has 1 aliphatic rings. The van der Waals surface area contributed by atoms with Crippen LogP contribution in [0.4, 0.5) is 5.69 Å². The van der Waals surface area contributed by atoms with E-state index < -0.39 is 28.0 Å². The molecule has 1 atom stereocenters. The quantitative estimate of drug-likeness (QED) is 0.468. The zero-order chi connectivity index (χ0) is 24.2. The summed E-state index contributed by atoms with van der Waals surface area (Å²) >= 11 is 5.83. The Morgan fingerprint density at radius 1 is 1.03 bits per heavy atom. The topological polar surface area (TPSA) is 110 Å². The number of ketones is 1. The third-order valence-corrected chi connectivity index (χ3v) is 7.56. The van der Waals surface area contributed by atoms with Gasteiger partial charge in [-0.25, -0.2) is 8.42 Å². The van der Waals surface area contributed by atoms with Crippen LogP contribution in [0.25, 0.3) is 0 Å². The highest BCUT2D eigenvalue weighted by molar-refractivity contribution is 7.89. The highest BCUT2D eigenvalue weighted by atomic mass is 35.5. The van der Waals surface area contributed by atoms with Crippen LogP contribution in [0.5, 0.6) is 0 Å². The first kappa shape index (κ1) is 24.9. The summed E-state index contributed by atoms with van der Waals surface area (Å²) in [6, 6.07) is 12.2. The molecule has 0 bridgehead atoms. The molecule has 2 aromatic carbocycles. The fraction of sp³-hybridized carbons (Fsp3) is 0.348. The number of ether oxygens (including phenoxy) is 1. The van der Waals surface area contributed by atoms with Gasteiger partial charge in [0, 0.05) is 36.3 Å². The van der Waals surface area contributed by atoms with Gasteiger partial charge in [-0.15, -0.1) is 0 Å². The lowest BCUT2D eigenvalue weighted by molar-refractivity contribution is -0.152. The van der Waals surface area contributed by atoms with Crippen molar-refractivity contribution in [2.24, 2.45) is 5.92 Å². The first-order chi connectivity index (χ1) is 15.6. The number of carbonyl (C=O) groups is 3. The summed E-state index contributed by atoms with van der Waals surface area (Å²) in [5.41, 5.74) is 0.914. The normalized spacial score (nSPS) is 16.1. The third kappa shape index (κ3) is 6.19. The van der Waals surface area contributed by atoms with Crippen LogP contribution in [0.1, 0.15) is 37.0 Å². The van der Waals surface area contributed by atoms with Gasteiger partial charge in [-0.3, -0.25) is 14.4 Å². The van der Waals surface area contributed by atoms with E-state index in [4.69, 9.17) is 16.3 Å². The summed E-state index contributed by atoms with van der Waals surface area (Å²) in [5, 5.41) is 3.06. The van der Waals surface area contributed by atoms with Crippen molar-refractivity contribution in [3.05, 3.63) is 59.1 Å². The molecule has 3 rings (SSSR count). The fourth-order valence-electron chi connectivity index (χ4n) is 3.57. The molecule has 33 heavy (non-hydrogen) atoms. The Morgan fingerprint density at radius 3 is 2.15 bits per heavy atom. The number of hydrogen-bond donors (Lipinski definition) is 1. The summed E-state index contributed by atoms with van der Waals surface area (Å²) in [4.78, 5) is 36.4. The zero-order valence-electron chi connectivity index (χ0n) is 18.3. The number of Topliss-reactive ketones (excluding diaryl/α,β-unsaturated/α-hetero) is 1. The number of hydrogen-bond acceptors (Lipinski definition) is 6. The smallest absolute Gasteiger partial charge is 0.309 e. The summed E-state index contributed by atoms with van der Waals surface area (Å²) in [6.07, 6.45) is -0.379. The maximum Gasteiger partial charge on any atom is 0.309 e. The van der Waals surface area contributed by atoms with Gasteiger partial charge < -0.3 is 10.1 Å². The number of nitrogens with one attached hydrogen (secondary N) is 1. The molecular formula is C23H25ClN2O6S. The first-order valence-electron chi connectivity index (χ1n) is 10.5. The fourth-order valence-corrected chi connectivity index (χ4v) is 5.16. The van der Waals surface area contributed by atoms with Crippen LogP contribution < -0.4 is 5.32 Å². The number of benzene rings is 2. The lowest BCUT2D eigenvalue weighted by Crippen LogP contribution is -2.41. The van der Waals surface area contributed by atoms with Gasteiger partial charge in [-0.1, -0.05) is 11.6 Å². The van der Waals surface area contributed by atoms with E-state index in [9.17, 15) is 22.8 Å². The molecule has 0 unspecified atom stereocenters. The van der Waals surface area contributed by atoms with E-state index in [0.717, 1.165) is 0 Å². The predicted molar refractivity (Wildman–Crippen MR) is 124 cm³/mol. The summed E-state index contributed by atoms with van der Waals surface area (Å²) in [7, 11) is -3.67. The van der Waals surface area contributed by atoms with E-state index >= 15 is 0 Å². The van der Waals surface area contributed by atoms with Gasteiger partial charge in [-0.2, -0.15) is 4.31 Å². The van der Waals surface area contributed by atoms with Crippen LogP contribution in [0.3, 0.4) is 0 Å². The zero-order valence-corrected chi connectivity index (χ0v) is 19.9. The molecule has 1 fully saturated rings. The molecule has 1 saturated heterocycles. The average molecular weight is 493 g/mol. The van der Waals surface area contributed by atoms with Crippen LogP contribution >= 0.6 is 11.6 Å². The second kappa shape index (κ2) is 10.5. The van der Waals surface area contributed by atoms with Crippen molar-refractivity contribution in [3.8, 4) is 0 Å². The van der Waals surface area contributed by atoms with Gasteiger partial charge in [0.15, 0.2) is 6.10 Å². The molecule has 10 heteroatoms. The molecule has 0 radical (unpaired) electrons. The first-order valence-corrected chi connectivity index (χ1v) is 12.3. The van der Waals surface area contributed by atoms with Crippen molar-refractivity contribution in [3.63, 3.8) is 0 Å². The van der Waals surface area contributed by atoms with Gasteiger partial charge in [-0.05, 0) is 68.3 Å². The predicted octanol–water partition coefficient (Wildman–Crippen LogP) is 3.51. The van der Waals surface area contributed by atoms with Gasteiger partial charge in [0.2, 0.25) is 21.7 Å². The molecule has 0 spiro atoms. The lowest BCUT2D eigenvalue weighted by Gasteiger charge is -2.30. The number of esters is 1. The number of carbonyl (C=O) groups excluding carboxylic acids is 3. The molecule has 0 aromatic heterocycles. The van der Waals surface area contributed by atoms with Gasteiger partial charge in [0.05, 0.1) is 10.8 Å². The molecular weight excluding hydrogens is 468 g/mol.